The summed E-state index contributed by atoms with van der Waals surface area (Å²) >= 11 is 0. The van der Waals surface area contributed by atoms with Crippen molar-refractivity contribution in [1.82, 2.24) is 15.0 Å². The molecular formula is C21H26N4O5. The molecule has 1 saturated carbocycles. The minimum Gasteiger partial charge on any atom is -0.494 e. The molecule has 1 aromatic heterocycles. The minimum absolute atomic E-state index is 0.0515. The van der Waals surface area contributed by atoms with E-state index >= 15 is 0 Å². The molecule has 9 nitrogen and oxygen atoms in total. The number of methoxy groups -OCH3 is 2. The molecular weight excluding hydrogens is 388 g/mol. The number of aromatic nitrogens is 2. The first-order chi connectivity index (χ1) is 14.5. The largest absolute Gasteiger partial charge is 0.494 e. The molecule has 0 bridgehead atoms. The number of H-pyrrole nitrogens is 1. The zero-order chi connectivity index (χ0) is 21.3. The lowest BCUT2D eigenvalue weighted by Gasteiger charge is -2.25. The molecule has 2 aromatic rings. The lowest BCUT2D eigenvalue weighted by atomic mass is 9.95. The second kappa shape index (κ2) is 8.25. The summed E-state index contributed by atoms with van der Waals surface area (Å²) in [5.74, 6) is 0.912. The predicted octanol–water partition coefficient (Wildman–Crippen LogP) is 2.20. The summed E-state index contributed by atoms with van der Waals surface area (Å²) in [6.45, 7) is 0. The maximum atomic E-state index is 12.5. The van der Waals surface area contributed by atoms with Crippen LogP contribution in [0.4, 0.5) is 0 Å². The van der Waals surface area contributed by atoms with E-state index in [0.717, 1.165) is 37.7 Å². The molecule has 0 radical (unpaired) electrons. The van der Waals surface area contributed by atoms with Gasteiger partial charge >= 0.3 is 5.69 Å². The Morgan fingerprint density at radius 3 is 2.53 bits per heavy atom. The van der Waals surface area contributed by atoms with Crippen LogP contribution in [-0.4, -0.2) is 34.6 Å². The molecule has 30 heavy (non-hydrogen) atoms. The second-order valence-electron chi connectivity index (χ2n) is 7.68. The fourth-order valence-corrected chi connectivity index (χ4v) is 4.34. The van der Waals surface area contributed by atoms with Crippen LogP contribution in [0, 0.1) is 0 Å². The summed E-state index contributed by atoms with van der Waals surface area (Å²) in [5, 5.41) is 15.2. The van der Waals surface area contributed by atoms with E-state index < -0.39 is 11.2 Å². The monoisotopic (exact) mass is 414 g/mol. The Morgan fingerprint density at radius 2 is 1.83 bits per heavy atom. The highest BCUT2D eigenvalue weighted by Crippen LogP contribution is 2.34. The van der Waals surface area contributed by atoms with E-state index in [-0.39, 0.29) is 23.5 Å². The summed E-state index contributed by atoms with van der Waals surface area (Å²) in [6.07, 6.45) is 5.10. The quantitative estimate of drug-likeness (QED) is 0.690. The fourth-order valence-electron chi connectivity index (χ4n) is 4.34. The number of hydrogen-bond acceptors (Lipinski definition) is 7. The third-order valence-corrected chi connectivity index (χ3v) is 5.91. The number of rotatable bonds is 5. The van der Waals surface area contributed by atoms with Gasteiger partial charge in [0.05, 0.1) is 26.0 Å². The van der Waals surface area contributed by atoms with Crippen molar-refractivity contribution < 1.29 is 14.6 Å². The van der Waals surface area contributed by atoms with Crippen molar-refractivity contribution in [3.63, 3.8) is 0 Å². The predicted molar refractivity (Wildman–Crippen MR) is 112 cm³/mol. The lowest BCUT2D eigenvalue weighted by Crippen LogP contribution is -2.36. The van der Waals surface area contributed by atoms with Crippen molar-refractivity contribution in [1.29, 1.82) is 0 Å². The van der Waals surface area contributed by atoms with E-state index in [2.05, 4.69) is 15.5 Å². The van der Waals surface area contributed by atoms with Crippen LogP contribution in [0.15, 0.2) is 32.9 Å². The van der Waals surface area contributed by atoms with Gasteiger partial charge < -0.3 is 20.0 Å². The first-order valence-electron chi connectivity index (χ1n) is 10.2. The van der Waals surface area contributed by atoms with Crippen LogP contribution in [0.2, 0.25) is 0 Å². The van der Waals surface area contributed by atoms with Crippen LogP contribution in [0.25, 0.3) is 0 Å². The zero-order valence-corrected chi connectivity index (χ0v) is 17.1. The van der Waals surface area contributed by atoms with Crippen molar-refractivity contribution in [3.8, 4) is 17.4 Å². The molecule has 9 heteroatoms. The van der Waals surface area contributed by atoms with E-state index in [4.69, 9.17) is 9.47 Å². The number of aromatic hydroxyl groups is 1. The molecule has 0 spiro atoms. The molecule has 2 aliphatic rings. The molecule has 1 atom stereocenters. The molecule has 3 N–H and O–H groups in total. The Balaban J connectivity index is 1.64. The number of aromatic amines is 1. The highest BCUT2D eigenvalue weighted by Gasteiger charge is 2.29. The van der Waals surface area contributed by atoms with E-state index in [9.17, 15) is 14.7 Å². The van der Waals surface area contributed by atoms with Crippen molar-refractivity contribution >= 4 is 5.71 Å². The highest BCUT2D eigenvalue weighted by atomic mass is 16.5. The fraction of sp³-hybridized carbons (Fsp3) is 0.476. The molecule has 0 amide bonds. The highest BCUT2D eigenvalue weighted by molar-refractivity contribution is 6.03. The van der Waals surface area contributed by atoms with Crippen molar-refractivity contribution in [3.05, 3.63) is 50.2 Å². The van der Waals surface area contributed by atoms with Crippen molar-refractivity contribution in [2.75, 3.05) is 14.2 Å². The summed E-state index contributed by atoms with van der Waals surface area (Å²) in [4.78, 5) is 27.3. The van der Waals surface area contributed by atoms with Gasteiger partial charge in [0.25, 0.3) is 5.56 Å². The molecule has 0 unspecified atom stereocenters. The van der Waals surface area contributed by atoms with Crippen molar-refractivity contribution in [2.45, 2.75) is 50.6 Å². The van der Waals surface area contributed by atoms with Gasteiger partial charge in [-0.25, -0.2) is 4.79 Å². The molecule has 1 aliphatic carbocycles. The average molecular weight is 414 g/mol. The Bertz CT molecular complexity index is 1080. The third-order valence-electron chi connectivity index (χ3n) is 5.91. The summed E-state index contributed by atoms with van der Waals surface area (Å²) < 4.78 is 12.0. The summed E-state index contributed by atoms with van der Waals surface area (Å²) in [6, 6.07) is 5.24. The smallest absolute Gasteiger partial charge is 0.331 e. The number of hydrogen-bond donors (Lipinski definition) is 3. The summed E-state index contributed by atoms with van der Waals surface area (Å²) in [5.41, 5.74) is 3.19. The van der Waals surface area contributed by atoms with Gasteiger partial charge in [-0.2, -0.15) is 5.10 Å². The SMILES string of the molecule is COc1ccc([C@@H]2CC(c3c(O)n(C4CCCCC4)c(=O)[nH]c3=O)=NN2)cc1OC. The van der Waals surface area contributed by atoms with Gasteiger partial charge in [0.2, 0.25) is 5.88 Å². The van der Waals surface area contributed by atoms with Crippen LogP contribution in [0.3, 0.4) is 0 Å². The van der Waals surface area contributed by atoms with Crippen LogP contribution >= 0.6 is 0 Å². The first kappa shape index (κ1) is 20.1. The average Bonchev–Trinajstić information content (AvgIpc) is 3.23. The molecule has 4 rings (SSSR count). The van der Waals surface area contributed by atoms with E-state index in [1.807, 2.05) is 12.1 Å². The maximum absolute atomic E-state index is 12.5. The van der Waals surface area contributed by atoms with Crippen LogP contribution in [-0.2, 0) is 0 Å². The van der Waals surface area contributed by atoms with Crippen molar-refractivity contribution in [2.24, 2.45) is 5.10 Å². The van der Waals surface area contributed by atoms with Gasteiger partial charge in [0.15, 0.2) is 11.5 Å². The lowest BCUT2D eigenvalue weighted by molar-refractivity contribution is 0.298. The molecule has 1 aromatic carbocycles. The number of benzene rings is 1. The summed E-state index contributed by atoms with van der Waals surface area (Å²) in [7, 11) is 3.14. The van der Waals surface area contributed by atoms with Crippen LogP contribution in [0.1, 0.15) is 61.7 Å². The molecule has 1 fully saturated rings. The molecule has 0 saturated heterocycles. The van der Waals surface area contributed by atoms with Gasteiger partial charge in [-0.1, -0.05) is 25.3 Å². The maximum Gasteiger partial charge on any atom is 0.331 e. The number of hydrazone groups is 1. The van der Waals surface area contributed by atoms with Gasteiger partial charge in [-0.05, 0) is 30.5 Å². The van der Waals surface area contributed by atoms with Gasteiger partial charge in [0, 0.05) is 12.5 Å². The van der Waals surface area contributed by atoms with E-state index in [1.54, 1.807) is 20.3 Å². The van der Waals surface area contributed by atoms with Gasteiger partial charge in [-0.3, -0.25) is 14.3 Å². The number of nitrogens with zero attached hydrogens (tertiary/aromatic N) is 2. The standard InChI is InChI=1S/C21H26N4O5/c1-29-16-9-8-12(10-17(16)30-2)14-11-15(24-23-14)18-19(26)22-21(28)25(20(18)27)13-6-4-3-5-7-13/h8-10,13-14,23,27H,3-7,11H2,1-2H3,(H,22,26,28)/t14-/m0/s1. The minimum atomic E-state index is -0.627. The molecule has 2 heterocycles. The van der Waals surface area contributed by atoms with E-state index in [0.29, 0.717) is 23.6 Å². The molecule has 1 aliphatic heterocycles. The Kier molecular flexibility index (Phi) is 5.52. The Morgan fingerprint density at radius 1 is 1.10 bits per heavy atom. The second-order valence-corrected chi connectivity index (χ2v) is 7.68. The van der Waals surface area contributed by atoms with Crippen LogP contribution < -0.4 is 26.1 Å². The normalized spacial score (nSPS) is 19.3. The third kappa shape index (κ3) is 3.55. The Hall–Kier alpha value is -3.23. The van der Waals surface area contributed by atoms with E-state index in [1.165, 1.54) is 4.57 Å². The first-order valence-corrected chi connectivity index (χ1v) is 10.2. The Labute approximate surface area is 173 Å². The van der Waals surface area contributed by atoms with Gasteiger partial charge in [0.1, 0.15) is 5.56 Å². The number of nitrogens with one attached hydrogen (secondary N) is 2. The number of ether oxygens (including phenoxy) is 2. The topological polar surface area (TPSA) is 118 Å². The molecule has 160 valence electrons. The van der Waals surface area contributed by atoms with Crippen LogP contribution in [0.5, 0.6) is 17.4 Å². The van der Waals surface area contributed by atoms with Gasteiger partial charge in [-0.15, -0.1) is 0 Å². The zero-order valence-electron chi connectivity index (χ0n) is 17.1.